The van der Waals surface area contributed by atoms with Crippen LogP contribution in [0.15, 0.2) is 24.3 Å². The molecular weight excluding hydrogens is 346 g/mol. The van der Waals surface area contributed by atoms with E-state index in [4.69, 9.17) is 0 Å². The summed E-state index contributed by atoms with van der Waals surface area (Å²) in [7, 11) is 0. The summed E-state index contributed by atoms with van der Waals surface area (Å²) in [4.78, 5) is 26.8. The molecule has 1 heterocycles. The number of aliphatic hydroxyl groups excluding tert-OH is 1. The molecule has 1 aromatic carbocycles. The zero-order valence-corrected chi connectivity index (χ0v) is 15.6. The molecule has 1 aliphatic carbocycles. The maximum absolute atomic E-state index is 12.7. The Balaban J connectivity index is 1.60. The molecule has 2 atom stereocenters. The van der Waals surface area contributed by atoms with Gasteiger partial charge in [0.25, 0.3) is 5.91 Å². The SMILES string of the molecule is O=C(NC1CN(C(=O)NC2CCCCC2)CCCC1O)c1ccc(O)cc1. The summed E-state index contributed by atoms with van der Waals surface area (Å²) in [6.07, 6.45) is 6.10. The van der Waals surface area contributed by atoms with Crippen molar-refractivity contribution in [2.45, 2.75) is 63.1 Å². The highest BCUT2D eigenvalue weighted by Crippen LogP contribution is 2.19. The summed E-state index contributed by atoms with van der Waals surface area (Å²) in [5.41, 5.74) is 0.405. The second-order valence-corrected chi connectivity index (χ2v) is 7.57. The first-order valence-electron chi connectivity index (χ1n) is 9.86. The van der Waals surface area contributed by atoms with Gasteiger partial charge in [0.05, 0.1) is 12.1 Å². The molecular formula is C20H29N3O4. The highest BCUT2D eigenvalue weighted by Gasteiger charge is 2.30. The molecule has 27 heavy (non-hydrogen) atoms. The van der Waals surface area contributed by atoms with Crippen molar-refractivity contribution in [1.82, 2.24) is 15.5 Å². The Kier molecular flexibility index (Phi) is 6.55. The van der Waals surface area contributed by atoms with Crippen LogP contribution in [0.5, 0.6) is 5.75 Å². The maximum atomic E-state index is 12.7. The third-order valence-electron chi connectivity index (χ3n) is 5.48. The number of urea groups is 1. The minimum Gasteiger partial charge on any atom is -0.508 e. The Bertz CT molecular complexity index is 643. The van der Waals surface area contributed by atoms with Gasteiger partial charge < -0.3 is 25.7 Å². The number of aliphatic hydroxyl groups is 1. The van der Waals surface area contributed by atoms with Gasteiger partial charge >= 0.3 is 6.03 Å². The monoisotopic (exact) mass is 375 g/mol. The molecule has 1 saturated carbocycles. The predicted octanol–water partition coefficient (Wildman–Crippen LogP) is 1.99. The van der Waals surface area contributed by atoms with Crippen molar-refractivity contribution in [3.63, 3.8) is 0 Å². The van der Waals surface area contributed by atoms with Crippen LogP contribution < -0.4 is 10.6 Å². The number of benzene rings is 1. The minimum absolute atomic E-state index is 0.0895. The number of aromatic hydroxyl groups is 1. The molecule has 148 valence electrons. The van der Waals surface area contributed by atoms with E-state index in [1.165, 1.54) is 30.7 Å². The molecule has 0 spiro atoms. The number of phenolic OH excluding ortho intramolecular Hbond substituents is 1. The van der Waals surface area contributed by atoms with Crippen LogP contribution in [0, 0.1) is 0 Å². The number of likely N-dealkylation sites (tertiary alicyclic amines) is 1. The molecule has 2 fully saturated rings. The number of carbonyl (C=O) groups is 2. The van der Waals surface area contributed by atoms with Gasteiger partial charge in [0.2, 0.25) is 0 Å². The quantitative estimate of drug-likeness (QED) is 0.649. The van der Waals surface area contributed by atoms with E-state index >= 15 is 0 Å². The first-order chi connectivity index (χ1) is 13.0. The van der Waals surface area contributed by atoms with E-state index in [1.54, 1.807) is 4.90 Å². The van der Waals surface area contributed by atoms with Gasteiger partial charge in [0.15, 0.2) is 0 Å². The number of carbonyl (C=O) groups excluding carboxylic acids is 2. The molecule has 4 N–H and O–H groups in total. The molecule has 2 aliphatic rings. The number of hydrogen-bond acceptors (Lipinski definition) is 4. The van der Waals surface area contributed by atoms with Crippen molar-refractivity contribution in [2.24, 2.45) is 0 Å². The lowest BCUT2D eigenvalue weighted by molar-refractivity contribution is 0.0808. The van der Waals surface area contributed by atoms with Crippen LogP contribution in [0.4, 0.5) is 4.79 Å². The van der Waals surface area contributed by atoms with E-state index in [0.717, 1.165) is 25.7 Å². The van der Waals surface area contributed by atoms with E-state index in [1.807, 2.05) is 0 Å². The second kappa shape index (κ2) is 9.08. The number of amides is 3. The molecule has 1 aromatic rings. The molecule has 2 unspecified atom stereocenters. The Morgan fingerprint density at radius 2 is 1.67 bits per heavy atom. The van der Waals surface area contributed by atoms with Crippen molar-refractivity contribution < 1.29 is 19.8 Å². The predicted molar refractivity (Wildman–Crippen MR) is 102 cm³/mol. The average Bonchev–Trinajstić information content (AvgIpc) is 2.85. The first-order valence-corrected chi connectivity index (χ1v) is 9.86. The largest absolute Gasteiger partial charge is 0.508 e. The Morgan fingerprint density at radius 1 is 0.963 bits per heavy atom. The van der Waals surface area contributed by atoms with Gasteiger partial charge in [0, 0.05) is 24.7 Å². The third-order valence-corrected chi connectivity index (χ3v) is 5.48. The lowest BCUT2D eigenvalue weighted by atomic mass is 9.96. The fourth-order valence-electron chi connectivity index (χ4n) is 3.85. The van der Waals surface area contributed by atoms with E-state index in [-0.39, 0.29) is 30.3 Å². The normalized spacial score (nSPS) is 24.1. The Hall–Kier alpha value is -2.28. The molecule has 1 aliphatic heterocycles. The third kappa shape index (κ3) is 5.35. The lowest BCUT2D eigenvalue weighted by Crippen LogP contribution is -2.53. The molecule has 7 heteroatoms. The summed E-state index contributed by atoms with van der Waals surface area (Å²) in [5.74, 6) is -0.236. The van der Waals surface area contributed by atoms with Gasteiger partial charge in [-0.2, -0.15) is 0 Å². The van der Waals surface area contributed by atoms with Crippen molar-refractivity contribution in [3.05, 3.63) is 29.8 Å². The number of rotatable bonds is 3. The number of hydrogen-bond donors (Lipinski definition) is 4. The van der Waals surface area contributed by atoms with Crippen LogP contribution in [0.3, 0.4) is 0 Å². The average molecular weight is 375 g/mol. The fraction of sp³-hybridized carbons (Fsp3) is 0.600. The maximum Gasteiger partial charge on any atom is 0.317 e. The fourth-order valence-corrected chi connectivity index (χ4v) is 3.85. The lowest BCUT2D eigenvalue weighted by Gasteiger charge is -2.30. The van der Waals surface area contributed by atoms with Gasteiger partial charge in [0.1, 0.15) is 5.75 Å². The van der Waals surface area contributed by atoms with Gasteiger partial charge in [-0.25, -0.2) is 4.79 Å². The summed E-state index contributed by atoms with van der Waals surface area (Å²) in [5, 5.41) is 25.7. The van der Waals surface area contributed by atoms with E-state index in [2.05, 4.69) is 10.6 Å². The Morgan fingerprint density at radius 3 is 2.37 bits per heavy atom. The van der Waals surface area contributed by atoms with Crippen molar-refractivity contribution in [2.75, 3.05) is 13.1 Å². The topological polar surface area (TPSA) is 102 Å². The van der Waals surface area contributed by atoms with E-state index in [0.29, 0.717) is 24.9 Å². The van der Waals surface area contributed by atoms with E-state index < -0.39 is 12.1 Å². The van der Waals surface area contributed by atoms with Gasteiger partial charge in [-0.05, 0) is 49.9 Å². The Labute approximate surface area is 159 Å². The highest BCUT2D eigenvalue weighted by molar-refractivity contribution is 5.94. The summed E-state index contributed by atoms with van der Waals surface area (Å²) >= 11 is 0. The van der Waals surface area contributed by atoms with Crippen molar-refractivity contribution in [1.29, 1.82) is 0 Å². The van der Waals surface area contributed by atoms with Crippen molar-refractivity contribution in [3.8, 4) is 5.75 Å². The highest BCUT2D eigenvalue weighted by atomic mass is 16.3. The molecule has 0 radical (unpaired) electrons. The minimum atomic E-state index is -0.696. The number of nitrogens with zero attached hydrogens (tertiary/aromatic N) is 1. The van der Waals surface area contributed by atoms with Crippen LogP contribution in [0.25, 0.3) is 0 Å². The van der Waals surface area contributed by atoms with E-state index in [9.17, 15) is 19.8 Å². The summed E-state index contributed by atoms with van der Waals surface area (Å²) < 4.78 is 0. The number of nitrogens with one attached hydrogen (secondary N) is 2. The molecule has 3 rings (SSSR count). The van der Waals surface area contributed by atoms with Crippen molar-refractivity contribution >= 4 is 11.9 Å². The van der Waals surface area contributed by atoms with Crippen LogP contribution >= 0.6 is 0 Å². The smallest absolute Gasteiger partial charge is 0.317 e. The van der Waals surface area contributed by atoms with Gasteiger partial charge in [-0.15, -0.1) is 0 Å². The van der Waals surface area contributed by atoms with Crippen LogP contribution in [0.2, 0.25) is 0 Å². The number of phenols is 1. The molecule has 0 aromatic heterocycles. The molecule has 7 nitrogen and oxygen atoms in total. The standard InChI is InChI=1S/C20H29N3O4/c24-16-10-8-14(9-11-16)19(26)22-17-13-23(12-4-7-18(17)25)20(27)21-15-5-2-1-3-6-15/h8-11,15,17-18,24-25H,1-7,12-13H2,(H,21,27)(H,22,26). The van der Waals surface area contributed by atoms with Crippen LogP contribution in [-0.4, -0.2) is 58.3 Å². The molecule has 0 bridgehead atoms. The first kappa shape index (κ1) is 19.5. The second-order valence-electron chi connectivity index (χ2n) is 7.57. The zero-order valence-electron chi connectivity index (χ0n) is 15.6. The van der Waals surface area contributed by atoms with Gasteiger partial charge in [-0.1, -0.05) is 19.3 Å². The van der Waals surface area contributed by atoms with Crippen LogP contribution in [0.1, 0.15) is 55.3 Å². The van der Waals surface area contributed by atoms with Crippen LogP contribution in [-0.2, 0) is 0 Å². The summed E-state index contributed by atoms with van der Waals surface area (Å²) in [6, 6.07) is 5.54. The molecule has 3 amide bonds. The molecule has 1 saturated heterocycles. The van der Waals surface area contributed by atoms with Gasteiger partial charge in [-0.3, -0.25) is 4.79 Å². The summed E-state index contributed by atoms with van der Waals surface area (Å²) in [6.45, 7) is 0.852. The zero-order chi connectivity index (χ0) is 19.2.